The van der Waals surface area contributed by atoms with Crippen molar-refractivity contribution in [1.82, 2.24) is 10.6 Å². The molecule has 1 aliphatic rings. The third-order valence-electron chi connectivity index (χ3n) is 4.61. The molecule has 2 aromatic rings. The van der Waals surface area contributed by atoms with Crippen LogP contribution in [0, 0.1) is 0 Å². The molecule has 0 bridgehead atoms. The van der Waals surface area contributed by atoms with E-state index in [2.05, 4.69) is 10.6 Å². The summed E-state index contributed by atoms with van der Waals surface area (Å²) in [7, 11) is 0. The number of carbonyl (C=O) groups is 3. The van der Waals surface area contributed by atoms with E-state index < -0.39 is 17.4 Å². The van der Waals surface area contributed by atoms with Crippen molar-refractivity contribution in [2.75, 3.05) is 6.54 Å². The molecule has 3 rings (SSSR count). The standard InChI is InChI=1S/C20H22N2O5/c23-17(27-15-8-3-1-4-9-15)14-21-19(25)20(11-5-2-6-12-20)22-18(24)16-10-7-13-26-16/h1,3-4,7-10,13H,2,5-6,11-12,14H2,(H,21,25)(H,22,24). The number of amides is 2. The first-order valence-electron chi connectivity index (χ1n) is 8.99. The highest BCUT2D eigenvalue weighted by Crippen LogP contribution is 2.29. The van der Waals surface area contributed by atoms with E-state index >= 15 is 0 Å². The van der Waals surface area contributed by atoms with E-state index in [4.69, 9.17) is 9.15 Å². The van der Waals surface area contributed by atoms with E-state index in [1.54, 1.807) is 36.4 Å². The largest absolute Gasteiger partial charge is 0.459 e. The second kappa shape index (κ2) is 8.53. The van der Waals surface area contributed by atoms with Gasteiger partial charge in [0, 0.05) is 0 Å². The number of hydrogen-bond acceptors (Lipinski definition) is 5. The van der Waals surface area contributed by atoms with E-state index in [0.717, 1.165) is 19.3 Å². The molecule has 1 heterocycles. The van der Waals surface area contributed by atoms with Gasteiger partial charge in [0.15, 0.2) is 5.76 Å². The van der Waals surface area contributed by atoms with Gasteiger partial charge in [-0.1, -0.05) is 37.5 Å². The number of furan rings is 1. The topological polar surface area (TPSA) is 97.6 Å². The molecule has 1 aliphatic carbocycles. The fraction of sp³-hybridized carbons (Fsp3) is 0.350. The number of ether oxygens (including phenoxy) is 1. The lowest BCUT2D eigenvalue weighted by atomic mass is 9.80. The van der Waals surface area contributed by atoms with Gasteiger partial charge in [0.25, 0.3) is 5.91 Å². The Labute approximate surface area is 157 Å². The molecular weight excluding hydrogens is 348 g/mol. The maximum atomic E-state index is 12.8. The van der Waals surface area contributed by atoms with Crippen LogP contribution in [-0.4, -0.2) is 29.9 Å². The minimum atomic E-state index is -1.05. The van der Waals surface area contributed by atoms with Gasteiger partial charge in [0.2, 0.25) is 5.91 Å². The third kappa shape index (κ3) is 4.75. The molecule has 1 fully saturated rings. The summed E-state index contributed by atoms with van der Waals surface area (Å²) in [6.45, 7) is -0.272. The van der Waals surface area contributed by atoms with Gasteiger partial charge in [-0.15, -0.1) is 0 Å². The van der Waals surface area contributed by atoms with E-state index in [0.29, 0.717) is 18.6 Å². The minimum absolute atomic E-state index is 0.149. The van der Waals surface area contributed by atoms with Crippen LogP contribution in [0.4, 0.5) is 0 Å². The summed E-state index contributed by atoms with van der Waals surface area (Å²) in [4.78, 5) is 37.2. The van der Waals surface area contributed by atoms with Crippen LogP contribution in [0.5, 0.6) is 5.75 Å². The summed E-state index contributed by atoms with van der Waals surface area (Å²) in [5.41, 5.74) is -1.05. The third-order valence-corrected chi connectivity index (χ3v) is 4.61. The van der Waals surface area contributed by atoms with Gasteiger partial charge in [-0.3, -0.25) is 9.59 Å². The van der Waals surface area contributed by atoms with Gasteiger partial charge in [0.1, 0.15) is 17.8 Å². The van der Waals surface area contributed by atoms with Crippen LogP contribution in [0.25, 0.3) is 0 Å². The Balaban J connectivity index is 1.61. The van der Waals surface area contributed by atoms with E-state index in [1.807, 2.05) is 6.07 Å². The van der Waals surface area contributed by atoms with Crippen LogP contribution >= 0.6 is 0 Å². The van der Waals surface area contributed by atoms with Gasteiger partial charge < -0.3 is 19.8 Å². The number of esters is 1. The first-order valence-corrected chi connectivity index (χ1v) is 8.99. The zero-order chi connectivity index (χ0) is 19.1. The average Bonchev–Trinajstić information content (AvgIpc) is 3.22. The molecule has 0 unspecified atom stereocenters. The van der Waals surface area contributed by atoms with Gasteiger partial charge in [-0.25, -0.2) is 4.79 Å². The minimum Gasteiger partial charge on any atom is -0.459 e. The fourth-order valence-corrected chi connectivity index (χ4v) is 3.23. The molecule has 142 valence electrons. The van der Waals surface area contributed by atoms with Gasteiger partial charge >= 0.3 is 5.97 Å². The molecule has 7 nitrogen and oxygen atoms in total. The smallest absolute Gasteiger partial charge is 0.330 e. The van der Waals surface area contributed by atoms with Crippen molar-refractivity contribution in [3.05, 3.63) is 54.5 Å². The number of benzene rings is 1. The Bertz CT molecular complexity index is 780. The highest BCUT2D eigenvalue weighted by Gasteiger charge is 2.41. The maximum absolute atomic E-state index is 12.8. The molecule has 0 saturated heterocycles. The monoisotopic (exact) mass is 370 g/mol. The SMILES string of the molecule is O=C(CNC(=O)C1(NC(=O)c2ccco2)CCCCC1)Oc1ccccc1. The van der Waals surface area contributed by atoms with Crippen molar-refractivity contribution >= 4 is 17.8 Å². The summed E-state index contributed by atoms with van der Waals surface area (Å²) in [6, 6.07) is 11.8. The van der Waals surface area contributed by atoms with Crippen molar-refractivity contribution in [1.29, 1.82) is 0 Å². The number of hydrogen-bond donors (Lipinski definition) is 2. The molecule has 0 aliphatic heterocycles. The number of carbonyl (C=O) groups excluding carboxylic acids is 3. The summed E-state index contributed by atoms with van der Waals surface area (Å²) in [5.74, 6) is -0.833. The van der Waals surface area contributed by atoms with Crippen LogP contribution in [0.3, 0.4) is 0 Å². The highest BCUT2D eigenvalue weighted by atomic mass is 16.5. The van der Waals surface area contributed by atoms with Gasteiger partial charge in [-0.05, 0) is 37.1 Å². The molecular formula is C20H22N2O5. The fourth-order valence-electron chi connectivity index (χ4n) is 3.23. The first kappa shape index (κ1) is 18.7. The van der Waals surface area contributed by atoms with E-state index in [9.17, 15) is 14.4 Å². The van der Waals surface area contributed by atoms with Crippen molar-refractivity contribution < 1.29 is 23.5 Å². The molecule has 1 aromatic carbocycles. The van der Waals surface area contributed by atoms with Crippen molar-refractivity contribution in [2.45, 2.75) is 37.6 Å². The number of rotatable bonds is 6. The molecule has 0 atom stereocenters. The predicted molar refractivity (Wildman–Crippen MR) is 97.1 cm³/mol. The Kier molecular flexibility index (Phi) is 5.90. The number of para-hydroxylation sites is 1. The lowest BCUT2D eigenvalue weighted by Crippen LogP contribution is -2.60. The Morgan fingerprint density at radius 3 is 2.41 bits per heavy atom. The molecule has 1 aromatic heterocycles. The van der Waals surface area contributed by atoms with E-state index in [1.165, 1.54) is 6.26 Å². The Hall–Kier alpha value is -3.09. The van der Waals surface area contributed by atoms with Crippen LogP contribution in [0.2, 0.25) is 0 Å². The molecule has 0 spiro atoms. The van der Waals surface area contributed by atoms with Crippen LogP contribution in [0.15, 0.2) is 53.1 Å². The van der Waals surface area contributed by atoms with Crippen LogP contribution in [-0.2, 0) is 9.59 Å². The molecule has 0 radical (unpaired) electrons. The second-order valence-electron chi connectivity index (χ2n) is 6.54. The Morgan fingerprint density at radius 2 is 1.74 bits per heavy atom. The predicted octanol–water partition coefficient (Wildman–Crippen LogP) is 2.43. The van der Waals surface area contributed by atoms with Crippen molar-refractivity contribution in [3.63, 3.8) is 0 Å². The summed E-state index contributed by atoms with van der Waals surface area (Å²) >= 11 is 0. The van der Waals surface area contributed by atoms with Crippen LogP contribution in [0.1, 0.15) is 42.7 Å². The van der Waals surface area contributed by atoms with E-state index in [-0.39, 0.29) is 18.2 Å². The highest BCUT2D eigenvalue weighted by molar-refractivity contribution is 5.98. The Morgan fingerprint density at radius 1 is 1.00 bits per heavy atom. The summed E-state index contributed by atoms with van der Waals surface area (Å²) in [6.07, 6.45) is 5.07. The molecule has 27 heavy (non-hydrogen) atoms. The maximum Gasteiger partial charge on any atom is 0.330 e. The molecule has 7 heteroatoms. The molecule has 1 saturated carbocycles. The van der Waals surface area contributed by atoms with Gasteiger partial charge in [0.05, 0.1) is 6.26 Å². The number of nitrogens with one attached hydrogen (secondary N) is 2. The van der Waals surface area contributed by atoms with Crippen molar-refractivity contribution in [3.8, 4) is 5.75 Å². The normalized spacial score (nSPS) is 15.6. The lowest BCUT2D eigenvalue weighted by molar-refractivity contribution is -0.137. The quantitative estimate of drug-likeness (QED) is 0.601. The lowest BCUT2D eigenvalue weighted by Gasteiger charge is -2.36. The summed E-state index contributed by atoms with van der Waals surface area (Å²) in [5, 5.41) is 5.42. The van der Waals surface area contributed by atoms with Gasteiger partial charge in [-0.2, -0.15) is 0 Å². The molecule has 2 amide bonds. The zero-order valence-corrected chi connectivity index (χ0v) is 14.9. The first-order chi connectivity index (χ1) is 13.1. The van der Waals surface area contributed by atoms with Crippen LogP contribution < -0.4 is 15.4 Å². The zero-order valence-electron chi connectivity index (χ0n) is 14.9. The van der Waals surface area contributed by atoms with Crippen molar-refractivity contribution in [2.24, 2.45) is 0 Å². The molecule has 2 N–H and O–H groups in total. The second-order valence-corrected chi connectivity index (χ2v) is 6.54. The average molecular weight is 370 g/mol. The summed E-state index contributed by atoms with van der Waals surface area (Å²) < 4.78 is 10.3.